The Morgan fingerprint density at radius 2 is 1.50 bits per heavy atom. The number of rotatable bonds is 3. The van der Waals surface area contributed by atoms with E-state index in [1.165, 1.54) is 0 Å². The molecule has 0 aliphatic heterocycles. The second-order valence-corrected chi connectivity index (χ2v) is 5.11. The van der Waals surface area contributed by atoms with Crippen molar-refractivity contribution in [2.24, 2.45) is 0 Å². The van der Waals surface area contributed by atoms with Gasteiger partial charge in [-0.3, -0.25) is 0 Å². The van der Waals surface area contributed by atoms with Gasteiger partial charge in [-0.05, 0) is 6.07 Å². The van der Waals surface area contributed by atoms with E-state index >= 15 is 0 Å². The number of fused-ring (bicyclic) bond motifs is 2. The number of phenols is 2. The highest BCUT2D eigenvalue weighted by molar-refractivity contribution is 6.19. The van der Waals surface area contributed by atoms with Gasteiger partial charge in [-0.2, -0.15) is 0 Å². The van der Waals surface area contributed by atoms with E-state index in [4.69, 9.17) is 0 Å². The lowest BCUT2D eigenvalue weighted by Crippen LogP contribution is -2.01. The Kier molecular flexibility index (Phi) is 3.42. The van der Waals surface area contributed by atoms with Gasteiger partial charge in [0.15, 0.2) is 0 Å². The number of phenolic OH excluding ortho intramolecular Hbond substituents is 2. The lowest BCUT2D eigenvalue weighted by molar-refractivity contribution is 0.282. The van der Waals surface area contributed by atoms with Gasteiger partial charge in [0.25, 0.3) is 0 Å². The van der Waals surface area contributed by atoms with Crippen molar-refractivity contribution in [2.75, 3.05) is 24.7 Å². The summed E-state index contributed by atoms with van der Waals surface area (Å²) in [5.74, 6) is 0.188. The maximum atomic E-state index is 10.7. The van der Waals surface area contributed by atoms with Crippen molar-refractivity contribution in [3.8, 4) is 11.5 Å². The molecular weight excluding hydrogens is 280 g/mol. The van der Waals surface area contributed by atoms with Crippen LogP contribution in [0.5, 0.6) is 11.5 Å². The zero-order valence-electron chi connectivity index (χ0n) is 12.4. The molecule has 0 aliphatic rings. The molecule has 114 valence electrons. The highest BCUT2D eigenvalue weighted by Gasteiger charge is 2.20. The molecule has 0 atom stereocenters. The summed E-state index contributed by atoms with van der Waals surface area (Å²) in [7, 11) is 3.46. The van der Waals surface area contributed by atoms with Gasteiger partial charge in [0.2, 0.25) is 0 Å². The summed E-state index contributed by atoms with van der Waals surface area (Å²) in [6.07, 6.45) is 0. The van der Waals surface area contributed by atoms with Crippen molar-refractivity contribution in [1.29, 1.82) is 0 Å². The van der Waals surface area contributed by atoms with E-state index in [-0.39, 0.29) is 18.1 Å². The second kappa shape index (κ2) is 5.27. The lowest BCUT2D eigenvalue weighted by atomic mass is 9.95. The largest absolute Gasteiger partial charge is 0.507 e. The topological polar surface area (TPSA) is 84.8 Å². The fourth-order valence-electron chi connectivity index (χ4n) is 2.99. The molecular formula is C17H18N2O3. The van der Waals surface area contributed by atoms with E-state index < -0.39 is 0 Å². The Morgan fingerprint density at radius 1 is 0.909 bits per heavy atom. The second-order valence-electron chi connectivity index (χ2n) is 5.11. The van der Waals surface area contributed by atoms with Gasteiger partial charge >= 0.3 is 0 Å². The molecule has 3 aromatic carbocycles. The molecule has 22 heavy (non-hydrogen) atoms. The first-order valence-electron chi connectivity index (χ1n) is 7.02. The fraction of sp³-hybridized carbons (Fsp3) is 0.176. The van der Waals surface area contributed by atoms with E-state index in [9.17, 15) is 15.3 Å². The molecule has 5 nitrogen and oxygen atoms in total. The first-order chi connectivity index (χ1) is 10.6. The summed E-state index contributed by atoms with van der Waals surface area (Å²) in [5, 5.41) is 39.2. The van der Waals surface area contributed by atoms with Crippen LogP contribution < -0.4 is 10.6 Å². The van der Waals surface area contributed by atoms with Crippen molar-refractivity contribution in [1.82, 2.24) is 0 Å². The Bertz CT molecular complexity index is 875. The summed E-state index contributed by atoms with van der Waals surface area (Å²) < 4.78 is 0. The van der Waals surface area contributed by atoms with Crippen LogP contribution in [0.2, 0.25) is 0 Å². The van der Waals surface area contributed by atoms with Crippen LogP contribution in [0.25, 0.3) is 21.5 Å². The summed E-state index contributed by atoms with van der Waals surface area (Å²) in [6.45, 7) is -0.173. The minimum absolute atomic E-state index is 0.0829. The number of hydrogen-bond donors (Lipinski definition) is 5. The normalized spacial score (nSPS) is 11.0. The lowest BCUT2D eigenvalue weighted by Gasteiger charge is -2.19. The van der Waals surface area contributed by atoms with Gasteiger partial charge in [-0.15, -0.1) is 0 Å². The minimum atomic E-state index is -0.173. The number of aliphatic hydroxyl groups is 1. The highest BCUT2D eigenvalue weighted by Crippen LogP contribution is 2.48. The Labute approximate surface area is 127 Å². The van der Waals surface area contributed by atoms with Gasteiger partial charge in [-0.1, -0.05) is 24.3 Å². The van der Waals surface area contributed by atoms with Crippen LogP contribution in [0, 0.1) is 0 Å². The summed E-state index contributed by atoms with van der Waals surface area (Å²) in [5.41, 5.74) is 1.90. The van der Waals surface area contributed by atoms with E-state index in [1.54, 1.807) is 38.4 Å². The quantitative estimate of drug-likeness (QED) is 0.379. The standard InChI is InChI=1S/C17H18N2O3/c1-18-12-7-9(8-20)15(19-2)14-13(12)16(21)10-5-3-4-6-11(10)17(14)22/h3-7,18-22H,8H2,1-2H3. The minimum Gasteiger partial charge on any atom is -0.507 e. The Morgan fingerprint density at radius 3 is 2.00 bits per heavy atom. The van der Waals surface area contributed by atoms with Crippen LogP contribution in [-0.4, -0.2) is 29.4 Å². The predicted molar refractivity (Wildman–Crippen MR) is 89.8 cm³/mol. The monoisotopic (exact) mass is 298 g/mol. The molecule has 0 heterocycles. The number of aromatic hydroxyl groups is 2. The molecule has 3 rings (SSSR count). The first kappa shape index (κ1) is 14.3. The third kappa shape index (κ3) is 1.83. The SMILES string of the molecule is CNc1cc(CO)c(NC)c2c(O)c3ccccc3c(O)c12. The Balaban J connectivity index is 2.65. The molecule has 0 aliphatic carbocycles. The zero-order chi connectivity index (χ0) is 15.9. The molecule has 0 bridgehead atoms. The fourth-order valence-corrected chi connectivity index (χ4v) is 2.99. The average molecular weight is 298 g/mol. The van der Waals surface area contributed by atoms with Gasteiger partial charge in [0.05, 0.1) is 23.1 Å². The van der Waals surface area contributed by atoms with Crippen LogP contribution in [0.1, 0.15) is 5.56 Å². The molecule has 0 saturated heterocycles. The molecule has 0 aromatic heterocycles. The van der Waals surface area contributed by atoms with E-state index in [2.05, 4.69) is 10.6 Å². The molecule has 5 N–H and O–H groups in total. The molecule has 0 spiro atoms. The van der Waals surface area contributed by atoms with Crippen molar-refractivity contribution in [2.45, 2.75) is 6.61 Å². The van der Waals surface area contributed by atoms with Gasteiger partial charge < -0.3 is 26.0 Å². The van der Waals surface area contributed by atoms with Gasteiger partial charge in [0.1, 0.15) is 11.5 Å². The van der Waals surface area contributed by atoms with Crippen molar-refractivity contribution in [3.05, 3.63) is 35.9 Å². The smallest absolute Gasteiger partial charge is 0.133 e. The summed E-state index contributed by atoms with van der Waals surface area (Å²) in [4.78, 5) is 0. The number of aliphatic hydroxyl groups excluding tert-OH is 1. The van der Waals surface area contributed by atoms with Crippen LogP contribution in [0.15, 0.2) is 30.3 Å². The third-order valence-electron chi connectivity index (χ3n) is 4.01. The van der Waals surface area contributed by atoms with Crippen molar-refractivity contribution >= 4 is 32.9 Å². The molecule has 0 amide bonds. The van der Waals surface area contributed by atoms with Gasteiger partial charge in [0, 0.05) is 36.1 Å². The van der Waals surface area contributed by atoms with Crippen LogP contribution in [0.4, 0.5) is 11.4 Å². The van der Waals surface area contributed by atoms with E-state index in [0.29, 0.717) is 38.5 Å². The van der Waals surface area contributed by atoms with Crippen molar-refractivity contribution in [3.63, 3.8) is 0 Å². The first-order valence-corrected chi connectivity index (χ1v) is 7.02. The highest BCUT2D eigenvalue weighted by atomic mass is 16.3. The molecule has 0 unspecified atom stereocenters. The van der Waals surface area contributed by atoms with E-state index in [0.717, 1.165) is 0 Å². The maximum absolute atomic E-state index is 10.7. The number of anilines is 2. The average Bonchev–Trinajstić information content (AvgIpc) is 2.57. The van der Waals surface area contributed by atoms with Gasteiger partial charge in [-0.25, -0.2) is 0 Å². The molecule has 5 heteroatoms. The summed E-state index contributed by atoms with van der Waals surface area (Å²) >= 11 is 0. The molecule has 3 aromatic rings. The maximum Gasteiger partial charge on any atom is 0.133 e. The number of hydrogen-bond acceptors (Lipinski definition) is 5. The zero-order valence-corrected chi connectivity index (χ0v) is 12.4. The molecule has 0 fully saturated rings. The molecule has 0 radical (unpaired) electrons. The van der Waals surface area contributed by atoms with Crippen LogP contribution in [0.3, 0.4) is 0 Å². The van der Waals surface area contributed by atoms with Crippen molar-refractivity contribution < 1.29 is 15.3 Å². The number of nitrogens with one attached hydrogen (secondary N) is 2. The van der Waals surface area contributed by atoms with Crippen LogP contribution in [-0.2, 0) is 6.61 Å². The number of benzene rings is 3. The molecule has 0 saturated carbocycles. The third-order valence-corrected chi connectivity index (χ3v) is 4.01. The Hall–Kier alpha value is -2.66. The van der Waals surface area contributed by atoms with E-state index in [1.807, 2.05) is 6.07 Å². The predicted octanol–water partition coefficient (Wildman–Crippen LogP) is 2.98. The van der Waals surface area contributed by atoms with Crippen LogP contribution >= 0.6 is 0 Å². The summed E-state index contributed by atoms with van der Waals surface area (Å²) in [6, 6.07) is 8.91.